The van der Waals surface area contributed by atoms with E-state index in [1.165, 1.54) is 0 Å². The Kier molecular flexibility index (Phi) is 3.08. The van der Waals surface area contributed by atoms with Gasteiger partial charge in [0.15, 0.2) is 0 Å². The largest absolute Gasteiger partial charge is 0.505 e. The van der Waals surface area contributed by atoms with Crippen LogP contribution in [0.2, 0.25) is 0 Å². The summed E-state index contributed by atoms with van der Waals surface area (Å²) in [5.74, 6) is 0.922. The molecule has 3 rings (SSSR count). The van der Waals surface area contributed by atoms with E-state index in [1.54, 1.807) is 11.3 Å². The topological polar surface area (TPSA) is 47.1 Å². The molecule has 106 valence electrons. The van der Waals surface area contributed by atoms with Gasteiger partial charge < -0.3 is 14.3 Å². The summed E-state index contributed by atoms with van der Waals surface area (Å²) in [6.07, 6.45) is 1.86. The molecule has 0 aliphatic carbocycles. The van der Waals surface area contributed by atoms with E-state index in [2.05, 4.69) is 49.8 Å². The van der Waals surface area contributed by atoms with Crippen LogP contribution < -0.4 is 4.78 Å². The monoisotopic (exact) mass is 290 g/mol. The van der Waals surface area contributed by atoms with Gasteiger partial charge in [0.25, 0.3) is 0 Å². The number of aromatic amines is 1. The van der Waals surface area contributed by atoms with Gasteiger partial charge in [-0.25, -0.2) is 4.98 Å². The first-order valence-electron chi connectivity index (χ1n) is 6.76. The molecule has 1 fully saturated rings. The van der Waals surface area contributed by atoms with Crippen LogP contribution in [-0.2, 0) is 9.31 Å². The molecule has 0 unspecified atom stereocenters. The van der Waals surface area contributed by atoms with Gasteiger partial charge in [0.2, 0.25) is 0 Å². The van der Waals surface area contributed by atoms with Crippen molar-refractivity contribution < 1.29 is 9.31 Å². The third-order valence-electron chi connectivity index (χ3n) is 4.08. The summed E-state index contributed by atoms with van der Waals surface area (Å²) in [6, 6.07) is 4.15. The van der Waals surface area contributed by atoms with Crippen molar-refractivity contribution in [3.8, 4) is 10.6 Å². The molecule has 2 aromatic rings. The van der Waals surface area contributed by atoms with Crippen molar-refractivity contribution >= 4 is 23.2 Å². The smallest absolute Gasteiger partial charge is 0.399 e. The molecule has 0 atom stereocenters. The summed E-state index contributed by atoms with van der Waals surface area (Å²) in [6.45, 7) is 10.2. The molecule has 1 N–H and O–H groups in total. The molecular formula is C14H19BN2O2S. The van der Waals surface area contributed by atoms with E-state index in [1.807, 2.05) is 13.1 Å². The predicted molar refractivity (Wildman–Crippen MR) is 82.4 cm³/mol. The zero-order valence-electron chi connectivity index (χ0n) is 12.5. The number of aryl methyl sites for hydroxylation is 1. The lowest BCUT2D eigenvalue weighted by Gasteiger charge is -2.32. The van der Waals surface area contributed by atoms with Crippen LogP contribution in [0.3, 0.4) is 0 Å². The molecule has 1 aliphatic heterocycles. The van der Waals surface area contributed by atoms with E-state index < -0.39 is 0 Å². The van der Waals surface area contributed by atoms with Crippen LogP contribution in [0.25, 0.3) is 10.6 Å². The minimum atomic E-state index is -0.299. The molecule has 0 bridgehead atoms. The second kappa shape index (κ2) is 4.45. The van der Waals surface area contributed by atoms with Gasteiger partial charge in [0.1, 0.15) is 5.82 Å². The molecule has 0 amide bonds. The third-order valence-corrected chi connectivity index (χ3v) is 5.22. The fourth-order valence-electron chi connectivity index (χ4n) is 2.13. The van der Waals surface area contributed by atoms with Gasteiger partial charge in [-0.2, -0.15) is 0 Å². The van der Waals surface area contributed by atoms with Gasteiger partial charge in [-0.15, -0.1) is 11.3 Å². The van der Waals surface area contributed by atoms with E-state index >= 15 is 0 Å². The van der Waals surface area contributed by atoms with Crippen molar-refractivity contribution in [2.24, 2.45) is 0 Å². The molecule has 4 nitrogen and oxygen atoms in total. The average Bonchev–Trinajstić information content (AvgIpc) is 2.98. The lowest BCUT2D eigenvalue weighted by Crippen LogP contribution is -2.41. The second-order valence-electron chi connectivity index (χ2n) is 6.17. The molecule has 2 aromatic heterocycles. The van der Waals surface area contributed by atoms with Crippen LogP contribution in [0, 0.1) is 6.92 Å². The van der Waals surface area contributed by atoms with Gasteiger partial charge in [0.05, 0.1) is 28.0 Å². The Labute approximate surface area is 123 Å². The fraction of sp³-hybridized carbons (Fsp3) is 0.500. The maximum atomic E-state index is 6.07. The molecule has 1 saturated heterocycles. The standard InChI is InChI=1S/C14H19BN2O2S/c1-9-16-8-10(17-9)11-6-7-12(20-11)15-18-13(2,3)14(4,5)19-15/h6-8H,1-5H3,(H,16,17). The molecule has 0 aromatic carbocycles. The maximum absolute atomic E-state index is 6.07. The molecule has 0 saturated carbocycles. The van der Waals surface area contributed by atoms with Crippen molar-refractivity contribution in [1.29, 1.82) is 0 Å². The van der Waals surface area contributed by atoms with Crippen LogP contribution in [0.15, 0.2) is 18.3 Å². The first-order valence-corrected chi connectivity index (χ1v) is 7.57. The number of H-pyrrole nitrogens is 1. The Balaban J connectivity index is 1.85. The Bertz CT molecular complexity index is 617. The normalized spacial score (nSPS) is 20.6. The van der Waals surface area contributed by atoms with Crippen molar-refractivity contribution in [3.05, 3.63) is 24.2 Å². The van der Waals surface area contributed by atoms with E-state index in [4.69, 9.17) is 9.31 Å². The minimum Gasteiger partial charge on any atom is -0.399 e. The van der Waals surface area contributed by atoms with Gasteiger partial charge in [-0.1, -0.05) is 6.07 Å². The van der Waals surface area contributed by atoms with Crippen LogP contribution >= 0.6 is 11.3 Å². The Morgan fingerprint density at radius 2 is 1.80 bits per heavy atom. The van der Waals surface area contributed by atoms with E-state index in [0.29, 0.717) is 0 Å². The second-order valence-corrected chi connectivity index (χ2v) is 7.29. The summed E-state index contributed by atoms with van der Waals surface area (Å²) in [5.41, 5.74) is 0.439. The average molecular weight is 290 g/mol. The quantitative estimate of drug-likeness (QED) is 0.865. The number of aromatic nitrogens is 2. The van der Waals surface area contributed by atoms with E-state index in [9.17, 15) is 0 Å². The molecule has 20 heavy (non-hydrogen) atoms. The Morgan fingerprint density at radius 3 is 2.35 bits per heavy atom. The lowest BCUT2D eigenvalue weighted by molar-refractivity contribution is 0.00578. The van der Waals surface area contributed by atoms with Gasteiger partial charge >= 0.3 is 7.12 Å². The highest BCUT2D eigenvalue weighted by atomic mass is 32.1. The Morgan fingerprint density at radius 1 is 1.15 bits per heavy atom. The van der Waals surface area contributed by atoms with Crippen molar-refractivity contribution in [2.45, 2.75) is 45.8 Å². The van der Waals surface area contributed by atoms with Crippen LogP contribution in [-0.4, -0.2) is 28.3 Å². The van der Waals surface area contributed by atoms with Crippen LogP contribution in [0.5, 0.6) is 0 Å². The molecule has 0 radical (unpaired) electrons. The molecule has 3 heterocycles. The highest BCUT2D eigenvalue weighted by molar-refractivity contribution is 7.25. The van der Waals surface area contributed by atoms with E-state index in [-0.39, 0.29) is 18.3 Å². The summed E-state index contributed by atoms with van der Waals surface area (Å²) in [5, 5.41) is 0. The zero-order chi connectivity index (χ0) is 14.5. The lowest BCUT2D eigenvalue weighted by atomic mass is 9.88. The summed E-state index contributed by atoms with van der Waals surface area (Å²) in [4.78, 5) is 8.63. The molecule has 6 heteroatoms. The molecular weight excluding hydrogens is 271 g/mol. The highest BCUT2D eigenvalue weighted by Gasteiger charge is 2.52. The predicted octanol–water partition coefficient (Wildman–Crippen LogP) is 2.75. The number of rotatable bonds is 2. The first-order chi connectivity index (χ1) is 9.28. The maximum Gasteiger partial charge on any atom is 0.505 e. The number of hydrogen-bond acceptors (Lipinski definition) is 4. The number of thiophene rings is 1. The number of imidazole rings is 1. The van der Waals surface area contributed by atoms with Crippen LogP contribution in [0.4, 0.5) is 0 Å². The zero-order valence-corrected chi connectivity index (χ0v) is 13.3. The summed E-state index contributed by atoms with van der Waals surface area (Å²) >= 11 is 1.68. The summed E-state index contributed by atoms with van der Waals surface area (Å²) < 4.78 is 13.2. The number of hydrogen-bond donors (Lipinski definition) is 1. The molecule has 0 spiro atoms. The first kappa shape index (κ1) is 13.9. The van der Waals surface area contributed by atoms with Gasteiger partial charge in [-0.05, 0) is 40.7 Å². The number of nitrogens with one attached hydrogen (secondary N) is 1. The third kappa shape index (κ3) is 2.22. The minimum absolute atomic E-state index is 0.289. The van der Waals surface area contributed by atoms with Gasteiger partial charge in [-0.3, -0.25) is 0 Å². The van der Waals surface area contributed by atoms with Crippen LogP contribution in [0.1, 0.15) is 33.5 Å². The highest BCUT2D eigenvalue weighted by Crippen LogP contribution is 2.37. The molecule has 1 aliphatic rings. The summed E-state index contributed by atoms with van der Waals surface area (Å²) in [7, 11) is -0.289. The fourth-order valence-corrected chi connectivity index (χ4v) is 3.06. The SMILES string of the molecule is Cc1ncc(-c2ccc(B3OC(C)(C)C(C)(C)O3)s2)[nH]1. The van der Waals surface area contributed by atoms with Gasteiger partial charge in [0, 0.05) is 4.78 Å². The van der Waals surface area contributed by atoms with Crippen molar-refractivity contribution in [1.82, 2.24) is 9.97 Å². The van der Waals surface area contributed by atoms with Crippen molar-refractivity contribution in [3.63, 3.8) is 0 Å². The Hall–Kier alpha value is -1.11. The number of nitrogens with zero attached hydrogens (tertiary/aromatic N) is 1. The van der Waals surface area contributed by atoms with Crippen molar-refractivity contribution in [2.75, 3.05) is 0 Å². The van der Waals surface area contributed by atoms with E-state index in [0.717, 1.165) is 21.2 Å².